The molecular formula is C32H30IN6P. The summed E-state index contributed by atoms with van der Waals surface area (Å²) in [5.41, 5.74) is 5.27. The van der Waals surface area contributed by atoms with Gasteiger partial charge < -0.3 is 4.90 Å². The van der Waals surface area contributed by atoms with Gasteiger partial charge in [0.1, 0.15) is 0 Å². The first-order chi connectivity index (χ1) is 19.3. The van der Waals surface area contributed by atoms with Gasteiger partial charge in [0.25, 0.3) is 0 Å². The summed E-state index contributed by atoms with van der Waals surface area (Å²) in [6, 6.07) is 30.0. The van der Waals surface area contributed by atoms with Gasteiger partial charge in [0.05, 0.1) is 42.8 Å². The molecule has 0 fully saturated rings. The van der Waals surface area contributed by atoms with Crippen molar-refractivity contribution in [3.05, 3.63) is 105 Å². The number of hydrogen-bond acceptors (Lipinski definition) is 5. The van der Waals surface area contributed by atoms with E-state index in [9.17, 15) is 5.26 Å². The number of aliphatic imine (C=N–C) groups is 1. The lowest BCUT2D eigenvalue weighted by Gasteiger charge is -2.35. The summed E-state index contributed by atoms with van der Waals surface area (Å²) in [6.07, 6.45) is 2.41. The van der Waals surface area contributed by atoms with Crippen molar-refractivity contribution in [2.45, 2.75) is 39.2 Å². The van der Waals surface area contributed by atoms with Crippen molar-refractivity contribution in [3.8, 4) is 6.07 Å². The quantitative estimate of drug-likeness (QED) is 0.168. The molecule has 40 heavy (non-hydrogen) atoms. The van der Waals surface area contributed by atoms with E-state index in [4.69, 9.17) is 14.8 Å². The second kappa shape index (κ2) is 10.2. The number of rotatable bonds is 4. The van der Waals surface area contributed by atoms with Gasteiger partial charge in [-0.3, -0.25) is 4.74 Å². The molecule has 0 spiro atoms. The summed E-state index contributed by atoms with van der Waals surface area (Å²) >= 11 is 2.34. The van der Waals surface area contributed by atoms with Crippen molar-refractivity contribution in [2.75, 3.05) is 11.9 Å². The van der Waals surface area contributed by atoms with E-state index < -0.39 is 7.05 Å². The Kier molecular flexibility index (Phi) is 6.80. The number of allylic oxidation sites excluding steroid dienone is 2. The predicted octanol–water partition coefficient (Wildman–Crippen LogP) is 7.55. The van der Waals surface area contributed by atoms with Crippen LogP contribution in [0, 0.1) is 21.8 Å². The Hall–Kier alpha value is -3.47. The maximum atomic E-state index is 9.34. The zero-order valence-electron chi connectivity index (χ0n) is 23.0. The maximum absolute atomic E-state index is 9.34. The molecule has 0 bridgehead atoms. The van der Waals surface area contributed by atoms with Crippen LogP contribution in [0.15, 0.2) is 99.6 Å². The monoisotopic (exact) mass is 656 g/mol. The van der Waals surface area contributed by atoms with E-state index in [1.54, 1.807) is 0 Å². The zero-order valence-corrected chi connectivity index (χ0v) is 26.1. The van der Waals surface area contributed by atoms with E-state index in [0.717, 1.165) is 33.1 Å². The van der Waals surface area contributed by atoms with Gasteiger partial charge in [0, 0.05) is 44.3 Å². The second-order valence-corrected chi connectivity index (χ2v) is 14.8. The molecule has 1 unspecified atom stereocenters. The third kappa shape index (κ3) is 4.08. The highest BCUT2D eigenvalue weighted by molar-refractivity contribution is 14.1. The number of anilines is 1. The van der Waals surface area contributed by atoms with Crippen LogP contribution in [-0.4, -0.2) is 23.0 Å². The predicted molar refractivity (Wildman–Crippen MR) is 174 cm³/mol. The van der Waals surface area contributed by atoms with Gasteiger partial charge in [-0.05, 0) is 65.4 Å². The highest BCUT2D eigenvalue weighted by Gasteiger charge is 2.47. The van der Waals surface area contributed by atoms with Crippen LogP contribution in [0.1, 0.15) is 31.5 Å². The van der Waals surface area contributed by atoms with Crippen molar-refractivity contribution >= 4 is 63.7 Å². The number of nitriles is 1. The molecule has 3 heterocycles. The molecular weight excluding hydrogens is 626 g/mol. The van der Waals surface area contributed by atoms with Gasteiger partial charge in [0.15, 0.2) is 5.82 Å². The van der Waals surface area contributed by atoms with E-state index in [-0.39, 0.29) is 5.41 Å². The van der Waals surface area contributed by atoms with Gasteiger partial charge in [-0.1, -0.05) is 62.4 Å². The molecule has 8 heteroatoms. The molecule has 0 saturated carbocycles. The number of aromatic nitrogens is 2. The Morgan fingerprint density at radius 3 is 2.40 bits per heavy atom. The van der Waals surface area contributed by atoms with Crippen molar-refractivity contribution in [3.63, 3.8) is 0 Å². The van der Waals surface area contributed by atoms with Crippen LogP contribution < -0.4 is 15.5 Å². The first-order valence-corrected chi connectivity index (χ1v) is 16.1. The standard InChI is InChI=1S/C32H30IN6P/c1-22-29-31(39(36-22)20-10-19-34)35-21-28(30-32(2,3)26-13-8-9-14-27(26)38(30)4)40(29,25-11-6-5-7-12-25)37-24-17-15-23(33)16-18-24/h5-9,11-18,21H,10,20H2,1-4H3/b30-28-. The molecule has 2 aliphatic heterocycles. The number of halogens is 1. The van der Waals surface area contributed by atoms with Crippen LogP contribution >= 0.6 is 29.6 Å². The number of likely N-dealkylation sites (N-methyl/N-ethyl adjacent to an activating group) is 1. The highest BCUT2D eigenvalue weighted by Crippen LogP contribution is 2.64. The Bertz CT molecular complexity index is 1770. The molecule has 4 aromatic rings. The first kappa shape index (κ1) is 26.7. The normalized spacial score (nSPS) is 20.6. The van der Waals surface area contributed by atoms with Crippen LogP contribution in [0.4, 0.5) is 17.2 Å². The number of aryl methyl sites for hydroxylation is 2. The fourth-order valence-electron chi connectivity index (χ4n) is 6.13. The summed E-state index contributed by atoms with van der Waals surface area (Å²) in [5, 5.41) is 17.6. The topological polar surface area (TPSA) is 69.6 Å². The molecule has 0 N–H and O–H groups in total. The van der Waals surface area contributed by atoms with Crippen molar-refractivity contribution in [1.29, 1.82) is 5.26 Å². The maximum Gasteiger partial charge on any atom is 0.160 e. The lowest BCUT2D eigenvalue weighted by molar-refractivity contribution is 0.626. The smallest absolute Gasteiger partial charge is 0.160 e. The number of para-hydroxylation sites is 1. The lowest BCUT2D eigenvalue weighted by atomic mass is 9.84. The Labute approximate surface area is 249 Å². The summed E-state index contributed by atoms with van der Waals surface area (Å²) < 4.78 is 8.82. The van der Waals surface area contributed by atoms with Crippen molar-refractivity contribution in [1.82, 2.24) is 9.78 Å². The van der Waals surface area contributed by atoms with Gasteiger partial charge in [-0.25, -0.2) is 9.67 Å². The minimum Gasteiger partial charge on any atom is -0.346 e. The molecule has 1 aromatic heterocycles. The Morgan fingerprint density at radius 1 is 1.00 bits per heavy atom. The Balaban J connectivity index is 1.79. The van der Waals surface area contributed by atoms with E-state index in [0.29, 0.717) is 13.0 Å². The van der Waals surface area contributed by atoms with Gasteiger partial charge in [-0.2, -0.15) is 10.4 Å². The minimum absolute atomic E-state index is 0.267. The molecule has 0 radical (unpaired) electrons. The molecule has 2 aliphatic rings. The third-order valence-corrected chi connectivity index (χ3v) is 12.3. The minimum atomic E-state index is -2.68. The second-order valence-electron chi connectivity index (χ2n) is 10.6. The van der Waals surface area contributed by atoms with Crippen LogP contribution in [0.3, 0.4) is 0 Å². The van der Waals surface area contributed by atoms with Crippen molar-refractivity contribution in [2.24, 2.45) is 9.74 Å². The largest absolute Gasteiger partial charge is 0.346 e. The van der Waals surface area contributed by atoms with Crippen molar-refractivity contribution < 1.29 is 0 Å². The summed E-state index contributed by atoms with van der Waals surface area (Å²) in [7, 11) is -0.519. The molecule has 1 atom stereocenters. The molecule has 200 valence electrons. The molecule has 0 saturated heterocycles. The summed E-state index contributed by atoms with van der Waals surface area (Å²) in [5.74, 6) is 0.805. The number of fused-ring (bicyclic) bond motifs is 2. The lowest BCUT2D eigenvalue weighted by Crippen LogP contribution is -2.30. The van der Waals surface area contributed by atoms with Crippen LogP contribution in [0.5, 0.6) is 0 Å². The van der Waals surface area contributed by atoms with Gasteiger partial charge >= 0.3 is 0 Å². The summed E-state index contributed by atoms with van der Waals surface area (Å²) in [6.45, 7) is 7.15. The van der Waals surface area contributed by atoms with Crippen LogP contribution in [0.2, 0.25) is 0 Å². The average molecular weight is 657 g/mol. The first-order valence-electron chi connectivity index (χ1n) is 13.3. The highest BCUT2D eigenvalue weighted by atomic mass is 127. The fraction of sp³-hybridized carbons (Fsp3) is 0.219. The molecule has 3 aromatic carbocycles. The van der Waals surface area contributed by atoms with E-state index >= 15 is 0 Å². The van der Waals surface area contributed by atoms with E-state index in [1.807, 2.05) is 10.9 Å². The molecule has 0 amide bonds. The number of benzene rings is 3. The summed E-state index contributed by atoms with van der Waals surface area (Å²) in [4.78, 5) is 7.41. The molecule has 6 rings (SSSR count). The number of hydrogen-bond donors (Lipinski definition) is 0. The fourth-order valence-corrected chi connectivity index (χ4v) is 10.6. The van der Waals surface area contributed by atoms with Crippen LogP contribution in [-0.2, 0) is 12.0 Å². The molecule has 0 aliphatic carbocycles. The molecule has 6 nitrogen and oxygen atoms in total. The van der Waals surface area contributed by atoms with Gasteiger partial charge in [0.2, 0.25) is 0 Å². The zero-order chi connectivity index (χ0) is 28.1. The Morgan fingerprint density at radius 2 is 1.70 bits per heavy atom. The third-order valence-electron chi connectivity index (χ3n) is 7.82. The van der Waals surface area contributed by atoms with Gasteiger partial charge in [-0.15, -0.1) is 0 Å². The average Bonchev–Trinajstić information content (AvgIpc) is 3.39. The van der Waals surface area contributed by atoms with Crippen LogP contribution in [0.25, 0.3) is 0 Å². The number of nitrogens with zero attached hydrogens (tertiary/aromatic N) is 6. The van der Waals surface area contributed by atoms with E-state index in [1.165, 1.54) is 20.5 Å². The SMILES string of the molecule is Cc1nn(CCC#N)c2c1P(=Nc1ccc(I)cc1)(c1ccccc1)/C(=C1\N(C)c3ccccc3C1(C)C)C=N2. The van der Waals surface area contributed by atoms with E-state index in [2.05, 4.69) is 140 Å².